The Morgan fingerprint density at radius 1 is 1.08 bits per heavy atom. The van der Waals surface area contributed by atoms with Crippen LogP contribution < -0.4 is 14.8 Å². The molecule has 0 saturated carbocycles. The molecule has 1 heterocycles. The van der Waals surface area contributed by atoms with Crippen LogP contribution in [0.3, 0.4) is 0 Å². The molecule has 0 fully saturated rings. The maximum atomic E-state index is 12.5. The van der Waals surface area contributed by atoms with E-state index >= 15 is 0 Å². The molecule has 0 aromatic heterocycles. The van der Waals surface area contributed by atoms with Crippen molar-refractivity contribution < 1.29 is 14.3 Å². The lowest BCUT2D eigenvalue weighted by atomic mass is 9.96. The number of aryl methyl sites for hydroxylation is 3. The van der Waals surface area contributed by atoms with Gasteiger partial charge in [0.25, 0.3) is 5.91 Å². The third-order valence-electron chi connectivity index (χ3n) is 4.51. The molecule has 3 rings (SSSR count). The molecule has 4 heteroatoms. The second kappa shape index (κ2) is 6.56. The van der Waals surface area contributed by atoms with E-state index < -0.39 is 6.10 Å². The van der Waals surface area contributed by atoms with Crippen LogP contribution in [0.4, 0.5) is 0 Å². The van der Waals surface area contributed by atoms with E-state index in [1.165, 1.54) is 16.7 Å². The van der Waals surface area contributed by atoms with Gasteiger partial charge in [-0.05, 0) is 62.1 Å². The van der Waals surface area contributed by atoms with Crippen molar-refractivity contribution in [3.05, 3.63) is 58.7 Å². The van der Waals surface area contributed by atoms with Gasteiger partial charge in [0, 0.05) is 0 Å². The maximum absolute atomic E-state index is 12.5. The van der Waals surface area contributed by atoms with Crippen molar-refractivity contribution >= 4 is 5.91 Å². The number of ether oxygens (including phenoxy) is 2. The number of hydrogen-bond donors (Lipinski definition) is 1. The van der Waals surface area contributed by atoms with E-state index in [0.717, 1.165) is 5.56 Å². The van der Waals surface area contributed by atoms with Gasteiger partial charge in [-0.25, -0.2) is 0 Å². The molecule has 1 aliphatic heterocycles. The molecule has 0 aliphatic carbocycles. The summed E-state index contributed by atoms with van der Waals surface area (Å²) in [4.78, 5) is 12.5. The predicted octanol–water partition coefficient (Wildman–Crippen LogP) is 3.63. The first-order valence-corrected chi connectivity index (χ1v) is 8.22. The number of fused-ring (bicyclic) bond motifs is 1. The van der Waals surface area contributed by atoms with Crippen LogP contribution >= 0.6 is 0 Å². The van der Waals surface area contributed by atoms with Crippen LogP contribution in [0.25, 0.3) is 0 Å². The van der Waals surface area contributed by atoms with Crippen molar-refractivity contribution in [1.29, 1.82) is 0 Å². The largest absolute Gasteiger partial charge is 0.485 e. The zero-order chi connectivity index (χ0) is 17.3. The van der Waals surface area contributed by atoms with Gasteiger partial charge in [-0.15, -0.1) is 0 Å². The first kappa shape index (κ1) is 16.4. The van der Waals surface area contributed by atoms with Gasteiger partial charge in [0.15, 0.2) is 11.5 Å². The molecule has 2 aromatic rings. The lowest BCUT2D eigenvalue weighted by Crippen LogP contribution is -2.44. The van der Waals surface area contributed by atoms with Gasteiger partial charge < -0.3 is 14.8 Å². The molecule has 24 heavy (non-hydrogen) atoms. The molecule has 1 amide bonds. The Labute approximate surface area is 142 Å². The molecule has 1 N–H and O–H groups in total. The van der Waals surface area contributed by atoms with Gasteiger partial charge in [0.1, 0.15) is 6.61 Å². The average Bonchev–Trinajstić information content (AvgIpc) is 2.57. The molecule has 0 bridgehead atoms. The van der Waals surface area contributed by atoms with Crippen LogP contribution in [0.1, 0.15) is 35.2 Å². The van der Waals surface area contributed by atoms with Crippen LogP contribution in [0, 0.1) is 20.8 Å². The molecule has 0 unspecified atom stereocenters. The third-order valence-corrected chi connectivity index (χ3v) is 4.51. The molecule has 0 spiro atoms. The minimum Gasteiger partial charge on any atom is -0.485 e. The van der Waals surface area contributed by atoms with Crippen LogP contribution in [-0.4, -0.2) is 18.6 Å². The lowest BCUT2D eigenvalue weighted by molar-refractivity contribution is -0.131. The highest BCUT2D eigenvalue weighted by Gasteiger charge is 2.28. The fourth-order valence-corrected chi connectivity index (χ4v) is 2.98. The predicted molar refractivity (Wildman–Crippen MR) is 93.6 cm³/mol. The Hall–Kier alpha value is -2.49. The smallest absolute Gasteiger partial charge is 0.265 e. The van der Waals surface area contributed by atoms with Crippen molar-refractivity contribution in [3.63, 3.8) is 0 Å². The van der Waals surface area contributed by atoms with Crippen LogP contribution in [0.5, 0.6) is 11.5 Å². The van der Waals surface area contributed by atoms with E-state index in [9.17, 15) is 4.79 Å². The van der Waals surface area contributed by atoms with E-state index in [0.29, 0.717) is 11.5 Å². The Morgan fingerprint density at radius 2 is 1.75 bits per heavy atom. The summed E-state index contributed by atoms with van der Waals surface area (Å²) in [6, 6.07) is 11.6. The van der Waals surface area contributed by atoms with E-state index in [2.05, 4.69) is 38.2 Å². The minimum absolute atomic E-state index is 0.0856. The summed E-state index contributed by atoms with van der Waals surface area (Å²) in [5.41, 5.74) is 4.79. The number of rotatable bonds is 3. The topological polar surface area (TPSA) is 47.6 Å². The summed E-state index contributed by atoms with van der Waals surface area (Å²) in [6.07, 6.45) is -0.630. The molecule has 126 valence electrons. The number of hydrogen-bond acceptors (Lipinski definition) is 3. The zero-order valence-corrected chi connectivity index (χ0v) is 14.6. The summed E-state index contributed by atoms with van der Waals surface area (Å²) in [7, 11) is 0. The Kier molecular flexibility index (Phi) is 4.47. The van der Waals surface area contributed by atoms with Crippen molar-refractivity contribution in [3.8, 4) is 11.5 Å². The highest BCUT2D eigenvalue weighted by atomic mass is 16.6. The van der Waals surface area contributed by atoms with Gasteiger partial charge in [-0.3, -0.25) is 4.79 Å². The average molecular weight is 325 g/mol. The fraction of sp³-hybridized carbons (Fsp3) is 0.350. The highest BCUT2D eigenvalue weighted by Crippen LogP contribution is 2.31. The molecule has 4 nitrogen and oxygen atoms in total. The van der Waals surface area contributed by atoms with Crippen molar-refractivity contribution in [2.45, 2.75) is 39.8 Å². The number of para-hydroxylation sites is 2. The molecule has 1 aliphatic rings. The number of amides is 1. The summed E-state index contributed by atoms with van der Waals surface area (Å²) in [5, 5.41) is 3.04. The van der Waals surface area contributed by atoms with Crippen LogP contribution in [0.15, 0.2) is 36.4 Å². The van der Waals surface area contributed by atoms with Crippen molar-refractivity contribution in [2.75, 3.05) is 6.61 Å². The van der Waals surface area contributed by atoms with E-state index in [1.807, 2.05) is 31.2 Å². The maximum Gasteiger partial charge on any atom is 0.265 e. The summed E-state index contributed by atoms with van der Waals surface area (Å²) in [5.74, 6) is 1.13. The molecule has 2 aromatic carbocycles. The molecule has 0 radical (unpaired) electrons. The Balaban J connectivity index is 1.70. The van der Waals surface area contributed by atoms with Gasteiger partial charge in [0.05, 0.1) is 6.04 Å². The lowest BCUT2D eigenvalue weighted by Gasteiger charge is -2.27. The normalized spacial score (nSPS) is 17.2. The summed E-state index contributed by atoms with van der Waals surface area (Å²) in [6.45, 7) is 8.47. The van der Waals surface area contributed by atoms with E-state index in [-0.39, 0.29) is 18.6 Å². The fourth-order valence-electron chi connectivity index (χ4n) is 2.98. The van der Waals surface area contributed by atoms with E-state index in [1.54, 1.807) is 0 Å². The summed E-state index contributed by atoms with van der Waals surface area (Å²) < 4.78 is 11.4. The van der Waals surface area contributed by atoms with Crippen LogP contribution in [0.2, 0.25) is 0 Å². The van der Waals surface area contributed by atoms with Gasteiger partial charge in [0.2, 0.25) is 6.10 Å². The molecule has 2 atom stereocenters. The standard InChI is InChI=1S/C20H23NO3/c1-12-9-14(3)16(10-13(12)2)15(4)21-20(22)19-11-23-17-7-5-6-8-18(17)24-19/h5-10,15,19H,11H2,1-4H3,(H,21,22)/t15-,19+/m1/s1. The molecule has 0 saturated heterocycles. The zero-order valence-electron chi connectivity index (χ0n) is 14.6. The van der Waals surface area contributed by atoms with Gasteiger partial charge >= 0.3 is 0 Å². The summed E-state index contributed by atoms with van der Waals surface area (Å²) >= 11 is 0. The highest BCUT2D eigenvalue weighted by molar-refractivity contribution is 5.82. The minimum atomic E-state index is -0.630. The molecular weight excluding hydrogens is 302 g/mol. The number of nitrogens with one attached hydrogen (secondary N) is 1. The van der Waals surface area contributed by atoms with Crippen molar-refractivity contribution in [1.82, 2.24) is 5.32 Å². The third kappa shape index (κ3) is 3.23. The Bertz CT molecular complexity index is 769. The number of carbonyl (C=O) groups is 1. The SMILES string of the molecule is Cc1cc(C)c([C@@H](C)NC(=O)[C@@H]2COc3ccccc3O2)cc1C. The molecular formula is C20H23NO3. The quantitative estimate of drug-likeness (QED) is 0.937. The first-order valence-electron chi connectivity index (χ1n) is 8.22. The number of benzene rings is 2. The Morgan fingerprint density at radius 3 is 2.50 bits per heavy atom. The van der Waals surface area contributed by atoms with E-state index in [4.69, 9.17) is 9.47 Å². The van der Waals surface area contributed by atoms with Crippen molar-refractivity contribution in [2.24, 2.45) is 0 Å². The van der Waals surface area contributed by atoms with Gasteiger partial charge in [-0.1, -0.05) is 24.3 Å². The monoisotopic (exact) mass is 325 g/mol. The van der Waals surface area contributed by atoms with Gasteiger partial charge in [-0.2, -0.15) is 0 Å². The second-order valence-corrected chi connectivity index (χ2v) is 6.39. The van der Waals surface area contributed by atoms with Crippen LogP contribution in [-0.2, 0) is 4.79 Å². The first-order chi connectivity index (χ1) is 11.5. The second-order valence-electron chi connectivity index (χ2n) is 6.39. The number of carbonyl (C=O) groups excluding carboxylic acids is 1.